The number of hydrogen-bond acceptors (Lipinski definition) is 5. The van der Waals surface area contributed by atoms with Gasteiger partial charge in [0.1, 0.15) is 24.5 Å². The summed E-state index contributed by atoms with van der Waals surface area (Å²) in [4.78, 5) is 51.6. The first-order valence-corrected chi connectivity index (χ1v) is 12.7. The number of amides is 2. The lowest BCUT2D eigenvalue weighted by atomic mass is 9.72. The highest BCUT2D eigenvalue weighted by Gasteiger charge is 2.52. The summed E-state index contributed by atoms with van der Waals surface area (Å²) in [5, 5.41) is 11.8. The zero-order chi connectivity index (χ0) is 26.8. The maximum absolute atomic E-state index is 13.6. The van der Waals surface area contributed by atoms with Gasteiger partial charge in [-0.3, -0.25) is 9.59 Å². The van der Waals surface area contributed by atoms with Crippen molar-refractivity contribution in [1.82, 2.24) is 10.2 Å². The second-order valence-corrected chi connectivity index (χ2v) is 10.8. The Morgan fingerprint density at radius 3 is 2.24 bits per heavy atom. The van der Waals surface area contributed by atoms with Crippen molar-refractivity contribution in [3.05, 3.63) is 59.7 Å². The molecule has 4 rings (SSSR count). The van der Waals surface area contributed by atoms with Crippen molar-refractivity contribution in [2.45, 2.75) is 64.0 Å². The number of hydrogen-bond donors (Lipinski definition) is 2. The van der Waals surface area contributed by atoms with Gasteiger partial charge in [0, 0.05) is 18.9 Å². The van der Waals surface area contributed by atoms with Gasteiger partial charge in [0.05, 0.1) is 0 Å². The summed E-state index contributed by atoms with van der Waals surface area (Å²) >= 11 is 0. The van der Waals surface area contributed by atoms with Gasteiger partial charge in [-0.1, -0.05) is 69.3 Å². The number of nitrogens with zero attached hydrogens (tertiary/aromatic N) is 1. The number of aldehydes is 1. The van der Waals surface area contributed by atoms with E-state index in [0.29, 0.717) is 19.4 Å². The molecule has 1 aliphatic heterocycles. The number of benzene rings is 2. The third-order valence-electron chi connectivity index (χ3n) is 7.76. The lowest BCUT2D eigenvalue weighted by Crippen LogP contribution is -2.61. The Kier molecular flexibility index (Phi) is 7.39. The molecule has 37 heavy (non-hydrogen) atoms. The minimum absolute atomic E-state index is 0.0731. The second kappa shape index (κ2) is 10.4. The van der Waals surface area contributed by atoms with Gasteiger partial charge < -0.3 is 24.9 Å². The Morgan fingerprint density at radius 1 is 1.11 bits per heavy atom. The number of likely N-dealkylation sites (tertiary alicyclic amines) is 1. The molecule has 1 fully saturated rings. The van der Waals surface area contributed by atoms with Crippen LogP contribution in [-0.4, -0.2) is 59.0 Å². The number of alkyl carbamates (subject to hydrolysis) is 1. The number of carbonyl (C=O) groups excluding carboxylic acids is 3. The largest absolute Gasteiger partial charge is 0.481 e. The number of ether oxygens (including phenoxy) is 1. The lowest BCUT2D eigenvalue weighted by molar-refractivity contribution is -0.147. The van der Waals surface area contributed by atoms with Crippen LogP contribution in [0.5, 0.6) is 0 Å². The molecule has 196 valence electrons. The molecule has 0 saturated carbocycles. The Balaban J connectivity index is 1.50. The molecule has 0 aromatic heterocycles. The molecule has 2 atom stereocenters. The maximum atomic E-state index is 13.6. The molecule has 8 nitrogen and oxygen atoms in total. The van der Waals surface area contributed by atoms with Crippen LogP contribution in [0.4, 0.5) is 4.79 Å². The molecule has 0 spiro atoms. The molecule has 0 bridgehead atoms. The quantitative estimate of drug-likeness (QED) is 0.514. The van der Waals surface area contributed by atoms with E-state index in [9.17, 15) is 24.3 Å². The molecule has 1 saturated heterocycles. The third-order valence-corrected chi connectivity index (χ3v) is 7.76. The van der Waals surface area contributed by atoms with E-state index in [1.807, 2.05) is 69.3 Å². The molecule has 1 heterocycles. The van der Waals surface area contributed by atoms with E-state index in [4.69, 9.17) is 4.74 Å². The van der Waals surface area contributed by atoms with Crippen LogP contribution in [0.25, 0.3) is 11.1 Å². The molecule has 2 aliphatic rings. The summed E-state index contributed by atoms with van der Waals surface area (Å²) in [7, 11) is 0. The van der Waals surface area contributed by atoms with E-state index in [-0.39, 0.29) is 25.4 Å². The molecule has 8 heteroatoms. The number of nitrogens with one attached hydrogen (secondary N) is 1. The molecule has 2 aromatic rings. The number of carboxylic acids is 1. The molecular formula is C29H34N2O6. The lowest BCUT2D eigenvalue weighted by Gasteiger charge is -2.45. The average molecular weight is 507 g/mol. The summed E-state index contributed by atoms with van der Waals surface area (Å²) in [5.41, 5.74) is 2.78. The van der Waals surface area contributed by atoms with Crippen LogP contribution < -0.4 is 5.32 Å². The summed E-state index contributed by atoms with van der Waals surface area (Å²) in [5.74, 6) is -1.69. The zero-order valence-electron chi connectivity index (χ0n) is 21.5. The SMILES string of the molecule is CC(C)(C)[C@@]1(C=O)CCCN1C(=O)[C@H](CCC(=O)O)NC(=O)OCC1c2ccccc2-c2ccccc21. The van der Waals surface area contributed by atoms with E-state index >= 15 is 0 Å². The maximum Gasteiger partial charge on any atom is 0.407 e. The molecule has 0 unspecified atom stereocenters. The fraction of sp³-hybridized carbons (Fsp3) is 0.448. The monoisotopic (exact) mass is 506 g/mol. The van der Waals surface area contributed by atoms with Gasteiger partial charge in [-0.25, -0.2) is 4.79 Å². The molecule has 2 amide bonds. The van der Waals surface area contributed by atoms with Crippen LogP contribution in [0.2, 0.25) is 0 Å². The van der Waals surface area contributed by atoms with E-state index < -0.39 is 35.0 Å². The molecule has 0 radical (unpaired) electrons. The van der Waals surface area contributed by atoms with Crippen molar-refractivity contribution in [1.29, 1.82) is 0 Å². The Bertz CT molecular complexity index is 1160. The smallest absolute Gasteiger partial charge is 0.407 e. The van der Waals surface area contributed by atoms with E-state index in [0.717, 1.165) is 28.5 Å². The van der Waals surface area contributed by atoms with Crippen LogP contribution in [0, 0.1) is 5.41 Å². The summed E-state index contributed by atoms with van der Waals surface area (Å²) < 4.78 is 5.60. The minimum Gasteiger partial charge on any atom is -0.481 e. The Hall–Kier alpha value is -3.68. The van der Waals surface area contributed by atoms with Gasteiger partial charge in [0.25, 0.3) is 0 Å². The first kappa shape index (κ1) is 26.4. The van der Waals surface area contributed by atoms with E-state index in [2.05, 4.69) is 5.32 Å². The van der Waals surface area contributed by atoms with E-state index in [1.165, 1.54) is 4.90 Å². The second-order valence-electron chi connectivity index (χ2n) is 10.8. The van der Waals surface area contributed by atoms with Crippen LogP contribution in [0.15, 0.2) is 48.5 Å². The highest BCUT2D eigenvalue weighted by atomic mass is 16.5. The highest BCUT2D eigenvalue weighted by molar-refractivity contribution is 5.90. The van der Waals surface area contributed by atoms with Crippen LogP contribution in [-0.2, 0) is 19.1 Å². The number of fused-ring (bicyclic) bond motifs is 3. The zero-order valence-corrected chi connectivity index (χ0v) is 21.5. The molecule has 2 N–H and O–H groups in total. The summed E-state index contributed by atoms with van der Waals surface area (Å²) in [6.45, 7) is 6.14. The Labute approximate surface area is 217 Å². The Morgan fingerprint density at radius 2 is 1.70 bits per heavy atom. The number of carbonyl (C=O) groups is 4. The predicted octanol–water partition coefficient (Wildman–Crippen LogP) is 4.36. The minimum atomic E-state index is -1.12. The normalized spacial score (nSPS) is 19.6. The molecule has 2 aromatic carbocycles. The molecule has 1 aliphatic carbocycles. The van der Waals surface area contributed by atoms with Crippen molar-refractivity contribution in [3.8, 4) is 11.1 Å². The first-order chi connectivity index (χ1) is 17.6. The first-order valence-electron chi connectivity index (χ1n) is 12.7. The number of rotatable bonds is 8. The summed E-state index contributed by atoms with van der Waals surface area (Å²) in [6, 6.07) is 14.8. The van der Waals surface area contributed by atoms with Crippen molar-refractivity contribution in [2.24, 2.45) is 5.41 Å². The van der Waals surface area contributed by atoms with Crippen molar-refractivity contribution < 1.29 is 29.0 Å². The van der Waals surface area contributed by atoms with Crippen LogP contribution in [0.3, 0.4) is 0 Å². The van der Waals surface area contributed by atoms with Crippen LogP contribution >= 0.6 is 0 Å². The highest BCUT2D eigenvalue weighted by Crippen LogP contribution is 2.45. The van der Waals surface area contributed by atoms with Crippen molar-refractivity contribution >= 4 is 24.3 Å². The van der Waals surface area contributed by atoms with E-state index in [1.54, 1.807) is 0 Å². The predicted molar refractivity (Wildman–Crippen MR) is 138 cm³/mol. The van der Waals surface area contributed by atoms with Gasteiger partial charge in [0.15, 0.2) is 0 Å². The van der Waals surface area contributed by atoms with Gasteiger partial charge >= 0.3 is 12.1 Å². The van der Waals surface area contributed by atoms with Crippen molar-refractivity contribution in [2.75, 3.05) is 13.2 Å². The van der Waals surface area contributed by atoms with Crippen LogP contribution in [0.1, 0.15) is 63.5 Å². The van der Waals surface area contributed by atoms with Crippen molar-refractivity contribution in [3.63, 3.8) is 0 Å². The molecular weight excluding hydrogens is 472 g/mol. The van der Waals surface area contributed by atoms with Gasteiger partial charge in [0.2, 0.25) is 5.91 Å². The third kappa shape index (κ3) is 4.97. The fourth-order valence-corrected chi connectivity index (χ4v) is 5.72. The fourth-order valence-electron chi connectivity index (χ4n) is 5.72. The topological polar surface area (TPSA) is 113 Å². The van der Waals surface area contributed by atoms with Gasteiger partial charge in [-0.05, 0) is 46.9 Å². The number of carboxylic acid groups (broad SMARTS) is 1. The number of aliphatic carboxylic acids is 1. The average Bonchev–Trinajstić information content (AvgIpc) is 3.45. The van der Waals surface area contributed by atoms with Gasteiger partial charge in [-0.2, -0.15) is 0 Å². The summed E-state index contributed by atoms with van der Waals surface area (Å²) in [6.07, 6.45) is 0.781. The standard InChI is InChI=1S/C29H34N2O6/c1-28(2,3)29(18-32)15-8-16-31(29)26(35)24(13-14-25(33)34)30-27(36)37-17-23-21-11-6-4-9-19(21)20-10-5-7-12-22(20)23/h4-7,9-12,18,23-24H,8,13-17H2,1-3H3,(H,30,36)(H,33,34)/t24-,29-/m0/s1. The van der Waals surface area contributed by atoms with Gasteiger partial charge in [-0.15, -0.1) is 0 Å².